The minimum atomic E-state index is -4.11. The van der Waals surface area contributed by atoms with Crippen LogP contribution >= 0.6 is 11.3 Å². The van der Waals surface area contributed by atoms with E-state index in [1.807, 2.05) is 0 Å². The van der Waals surface area contributed by atoms with E-state index in [4.69, 9.17) is 0 Å². The molecule has 0 aliphatic rings. The maximum absolute atomic E-state index is 13.5. The molecule has 0 radical (unpaired) electrons. The number of methoxy groups -OCH3 is 1. The zero-order valence-corrected chi connectivity index (χ0v) is 11.8. The van der Waals surface area contributed by atoms with Crippen LogP contribution in [0.25, 0.3) is 0 Å². The number of ether oxygens (including phenoxy) is 1. The monoisotopic (exact) mass is 316 g/mol. The van der Waals surface area contributed by atoms with Gasteiger partial charge in [0.05, 0.1) is 18.3 Å². The molecule has 1 heterocycles. The lowest BCUT2D eigenvalue weighted by molar-refractivity contribution is 0.0590. The second-order valence-electron chi connectivity index (χ2n) is 3.57. The quantitative estimate of drug-likeness (QED) is 0.870. The van der Waals surface area contributed by atoms with Crippen molar-refractivity contribution in [3.8, 4) is 0 Å². The van der Waals surface area contributed by atoms with Crippen LogP contribution < -0.4 is 4.72 Å². The van der Waals surface area contributed by atoms with Gasteiger partial charge in [0.25, 0.3) is 10.0 Å². The Morgan fingerprint density at radius 3 is 2.75 bits per heavy atom. The van der Waals surface area contributed by atoms with Crippen molar-refractivity contribution < 1.29 is 22.3 Å². The highest BCUT2D eigenvalue weighted by atomic mass is 32.2. The van der Waals surface area contributed by atoms with Crippen LogP contribution in [-0.2, 0) is 14.8 Å². The van der Waals surface area contributed by atoms with E-state index in [-0.39, 0.29) is 15.6 Å². The highest BCUT2D eigenvalue weighted by molar-refractivity contribution is 7.94. The first-order valence-electron chi connectivity index (χ1n) is 5.25. The molecule has 2 aromatic rings. The van der Waals surface area contributed by atoms with Gasteiger partial charge >= 0.3 is 5.97 Å². The zero-order chi connectivity index (χ0) is 14.8. The summed E-state index contributed by atoms with van der Waals surface area (Å²) in [5.74, 6) is -1.60. The Kier molecular flexibility index (Phi) is 4.00. The van der Waals surface area contributed by atoms with E-state index in [0.29, 0.717) is 0 Å². The van der Waals surface area contributed by atoms with Crippen molar-refractivity contribution >= 4 is 33.0 Å². The molecule has 1 N–H and O–H groups in total. The third-order valence-corrected chi connectivity index (χ3v) is 5.01. The standard InChI is InChI=1S/C11H9FN2O4S2/c1-18-10(15)9-11(19-6-13-9)20(16,17)14-8-5-3-2-4-7(8)12/h2-6,14H,1H3. The van der Waals surface area contributed by atoms with Crippen molar-refractivity contribution in [1.82, 2.24) is 4.98 Å². The third-order valence-electron chi connectivity index (χ3n) is 2.28. The minimum Gasteiger partial charge on any atom is -0.464 e. The van der Waals surface area contributed by atoms with Crippen molar-refractivity contribution in [3.05, 3.63) is 41.3 Å². The van der Waals surface area contributed by atoms with Gasteiger partial charge < -0.3 is 4.74 Å². The van der Waals surface area contributed by atoms with E-state index >= 15 is 0 Å². The van der Waals surface area contributed by atoms with Gasteiger partial charge in [-0.1, -0.05) is 12.1 Å². The molecular formula is C11H9FN2O4S2. The normalized spacial score (nSPS) is 11.1. The van der Waals surface area contributed by atoms with E-state index in [0.717, 1.165) is 24.5 Å². The van der Waals surface area contributed by atoms with Gasteiger partial charge in [-0.15, -0.1) is 11.3 Å². The van der Waals surface area contributed by atoms with E-state index in [9.17, 15) is 17.6 Å². The fourth-order valence-electron chi connectivity index (χ4n) is 1.39. The molecule has 2 rings (SSSR count). The lowest BCUT2D eigenvalue weighted by atomic mass is 10.3. The molecule has 0 unspecified atom stereocenters. The molecule has 1 aromatic carbocycles. The molecule has 0 aliphatic carbocycles. The number of halogens is 1. The van der Waals surface area contributed by atoms with Gasteiger partial charge in [-0.25, -0.2) is 22.6 Å². The van der Waals surface area contributed by atoms with E-state index < -0.39 is 21.8 Å². The molecule has 0 amide bonds. The summed E-state index contributed by atoms with van der Waals surface area (Å²) in [6.45, 7) is 0. The van der Waals surface area contributed by atoms with Crippen LogP contribution in [0.3, 0.4) is 0 Å². The molecule has 0 saturated heterocycles. The maximum atomic E-state index is 13.5. The first kappa shape index (κ1) is 14.4. The molecule has 106 valence electrons. The number of sulfonamides is 1. The number of aromatic nitrogens is 1. The topological polar surface area (TPSA) is 85.4 Å². The number of rotatable bonds is 4. The summed E-state index contributed by atoms with van der Waals surface area (Å²) in [5, 5.41) is 0. The minimum absolute atomic E-state index is 0.211. The molecule has 0 atom stereocenters. The predicted molar refractivity (Wildman–Crippen MR) is 70.7 cm³/mol. The molecule has 9 heteroatoms. The lowest BCUT2D eigenvalue weighted by Gasteiger charge is -2.07. The average Bonchev–Trinajstić information content (AvgIpc) is 2.90. The Morgan fingerprint density at radius 2 is 2.10 bits per heavy atom. The molecule has 0 aliphatic heterocycles. The fourth-order valence-corrected chi connectivity index (χ4v) is 3.59. The van der Waals surface area contributed by atoms with E-state index in [2.05, 4.69) is 14.4 Å². The summed E-state index contributed by atoms with van der Waals surface area (Å²) in [5.41, 5.74) is 0.653. The molecule has 20 heavy (non-hydrogen) atoms. The second kappa shape index (κ2) is 5.55. The number of hydrogen-bond donors (Lipinski definition) is 1. The lowest BCUT2D eigenvalue weighted by Crippen LogP contribution is -2.16. The number of hydrogen-bond acceptors (Lipinski definition) is 6. The van der Waals surface area contributed by atoms with Crippen LogP contribution in [0.4, 0.5) is 10.1 Å². The molecule has 0 saturated carbocycles. The van der Waals surface area contributed by atoms with E-state index in [1.165, 1.54) is 23.7 Å². The number of para-hydroxylation sites is 1. The van der Waals surface area contributed by atoms with E-state index in [1.54, 1.807) is 0 Å². The molecule has 1 aromatic heterocycles. The molecular weight excluding hydrogens is 307 g/mol. The van der Waals surface area contributed by atoms with Gasteiger partial charge in [-0.05, 0) is 12.1 Å². The number of carbonyl (C=O) groups excluding carboxylic acids is 1. The summed E-state index contributed by atoms with van der Waals surface area (Å²) >= 11 is 0.740. The Morgan fingerprint density at radius 1 is 1.40 bits per heavy atom. The predicted octanol–water partition coefficient (Wildman–Crippen LogP) is 1.87. The number of carbonyl (C=O) groups is 1. The Bertz CT molecular complexity index is 742. The molecule has 0 spiro atoms. The van der Waals surface area contributed by atoms with Crippen molar-refractivity contribution in [2.75, 3.05) is 11.8 Å². The largest absolute Gasteiger partial charge is 0.464 e. The summed E-state index contributed by atoms with van der Waals surface area (Å²) in [4.78, 5) is 15.1. The highest BCUT2D eigenvalue weighted by Crippen LogP contribution is 2.24. The van der Waals surface area contributed by atoms with Crippen LogP contribution in [0.2, 0.25) is 0 Å². The Labute approximate surface area is 118 Å². The zero-order valence-electron chi connectivity index (χ0n) is 10.2. The SMILES string of the molecule is COC(=O)c1ncsc1S(=O)(=O)Nc1ccccc1F. The number of benzene rings is 1. The van der Waals surface area contributed by atoms with Crippen molar-refractivity contribution in [1.29, 1.82) is 0 Å². The number of thiazole rings is 1. The van der Waals surface area contributed by atoms with Crippen LogP contribution in [0.5, 0.6) is 0 Å². The Hall–Kier alpha value is -2.00. The van der Waals surface area contributed by atoms with Gasteiger partial charge in [0.2, 0.25) is 0 Å². The summed E-state index contributed by atoms with van der Waals surface area (Å²) < 4.78 is 43.9. The van der Waals surface area contributed by atoms with Crippen molar-refractivity contribution in [2.45, 2.75) is 4.21 Å². The Balaban J connectivity index is 2.40. The second-order valence-corrected chi connectivity index (χ2v) is 6.30. The third kappa shape index (κ3) is 2.78. The molecule has 0 fully saturated rings. The fraction of sp³-hybridized carbons (Fsp3) is 0.0909. The van der Waals surface area contributed by atoms with Gasteiger partial charge in [-0.3, -0.25) is 4.72 Å². The van der Waals surface area contributed by atoms with Crippen LogP contribution in [-0.4, -0.2) is 26.5 Å². The van der Waals surface area contributed by atoms with Gasteiger partial charge in [0.15, 0.2) is 9.90 Å². The van der Waals surface area contributed by atoms with Gasteiger partial charge in [0.1, 0.15) is 5.82 Å². The van der Waals surface area contributed by atoms with Gasteiger partial charge in [-0.2, -0.15) is 0 Å². The van der Waals surface area contributed by atoms with Crippen LogP contribution in [0.1, 0.15) is 10.5 Å². The molecule has 0 bridgehead atoms. The van der Waals surface area contributed by atoms with Crippen LogP contribution in [0, 0.1) is 5.82 Å². The number of nitrogens with one attached hydrogen (secondary N) is 1. The number of esters is 1. The highest BCUT2D eigenvalue weighted by Gasteiger charge is 2.27. The summed E-state index contributed by atoms with van der Waals surface area (Å²) in [6, 6.07) is 5.30. The van der Waals surface area contributed by atoms with Gasteiger partial charge in [0, 0.05) is 0 Å². The van der Waals surface area contributed by atoms with Crippen molar-refractivity contribution in [3.63, 3.8) is 0 Å². The number of anilines is 1. The summed E-state index contributed by atoms with van der Waals surface area (Å²) in [7, 11) is -3.00. The van der Waals surface area contributed by atoms with Crippen LogP contribution in [0.15, 0.2) is 34.0 Å². The summed E-state index contributed by atoms with van der Waals surface area (Å²) in [6.07, 6.45) is 0. The average molecular weight is 316 g/mol. The molecule has 6 nitrogen and oxygen atoms in total. The maximum Gasteiger partial charge on any atom is 0.358 e. The first-order valence-corrected chi connectivity index (χ1v) is 7.61. The number of nitrogens with zero attached hydrogens (tertiary/aromatic N) is 1. The first-order chi connectivity index (χ1) is 9.45. The van der Waals surface area contributed by atoms with Crippen molar-refractivity contribution in [2.24, 2.45) is 0 Å². The smallest absolute Gasteiger partial charge is 0.358 e.